The number of carbonyl (C=O) groups excluding carboxylic acids is 1. The average Bonchev–Trinajstić information content (AvgIpc) is 3.17. The maximum Gasteiger partial charge on any atom is 0.236 e. The second kappa shape index (κ2) is 8.64. The second-order valence-corrected chi connectivity index (χ2v) is 8.27. The third kappa shape index (κ3) is 4.74. The monoisotopic (exact) mass is 417 g/mol. The molecular weight excluding hydrogens is 398 g/mol. The Morgan fingerprint density at radius 3 is 2.85 bits per heavy atom. The zero-order valence-corrected chi connectivity index (χ0v) is 17.4. The van der Waals surface area contributed by atoms with E-state index >= 15 is 0 Å². The van der Waals surface area contributed by atoms with Crippen molar-refractivity contribution in [2.75, 3.05) is 11.1 Å². The van der Waals surface area contributed by atoms with E-state index in [1.807, 2.05) is 42.7 Å². The predicted molar refractivity (Wildman–Crippen MR) is 114 cm³/mol. The highest BCUT2D eigenvalue weighted by atomic mass is 32.2. The van der Waals surface area contributed by atoms with Crippen LogP contribution in [0, 0.1) is 18.6 Å². The van der Waals surface area contributed by atoms with Gasteiger partial charge in [0.1, 0.15) is 0 Å². The molecule has 9 heteroatoms. The summed E-state index contributed by atoms with van der Waals surface area (Å²) < 4.78 is 2.37. The molecule has 0 saturated carbocycles. The molecule has 0 spiro atoms. The van der Waals surface area contributed by atoms with E-state index in [0.717, 1.165) is 15.5 Å². The van der Waals surface area contributed by atoms with Crippen molar-refractivity contribution < 1.29 is 4.79 Å². The first-order valence-electron chi connectivity index (χ1n) is 8.21. The molecule has 0 unspecified atom stereocenters. The summed E-state index contributed by atoms with van der Waals surface area (Å²) in [5.74, 6) is 0.932. The van der Waals surface area contributed by atoms with Gasteiger partial charge in [-0.25, -0.2) is 4.98 Å². The number of nitrogens with one attached hydrogen (secondary N) is 2. The lowest BCUT2D eigenvalue weighted by Gasteiger charge is -2.03. The molecule has 0 bridgehead atoms. The van der Waals surface area contributed by atoms with E-state index in [1.165, 1.54) is 28.7 Å². The van der Waals surface area contributed by atoms with Crippen LogP contribution in [0.15, 0.2) is 41.8 Å². The number of carbonyl (C=O) groups is 1. The molecular formula is C18H19N5OS3. The molecule has 0 fully saturated rings. The number of thioether (sulfide) groups is 1. The van der Waals surface area contributed by atoms with Crippen molar-refractivity contribution in [1.82, 2.24) is 19.7 Å². The maximum atomic E-state index is 12.3. The Kier molecular flexibility index (Phi) is 6.25. The predicted octanol–water partition coefficient (Wildman–Crippen LogP) is 4.60. The normalized spacial score (nSPS) is 10.7. The molecule has 6 nitrogen and oxygen atoms in total. The van der Waals surface area contributed by atoms with Crippen molar-refractivity contribution in [1.29, 1.82) is 0 Å². The lowest BCUT2D eigenvalue weighted by atomic mass is 10.2. The van der Waals surface area contributed by atoms with Gasteiger partial charge in [0.15, 0.2) is 15.7 Å². The number of rotatable bonds is 7. The smallest absolute Gasteiger partial charge is 0.236 e. The van der Waals surface area contributed by atoms with Crippen LogP contribution in [0.3, 0.4) is 0 Å². The molecule has 2 aromatic heterocycles. The lowest BCUT2D eigenvalue weighted by molar-refractivity contribution is -0.113. The second-order valence-electron chi connectivity index (χ2n) is 5.84. The molecule has 140 valence electrons. The quantitative estimate of drug-likeness (QED) is 0.334. The molecule has 0 atom stereocenters. The van der Waals surface area contributed by atoms with Crippen LogP contribution in [0.5, 0.6) is 0 Å². The first-order valence-corrected chi connectivity index (χ1v) is 10.4. The molecule has 27 heavy (non-hydrogen) atoms. The Morgan fingerprint density at radius 2 is 2.15 bits per heavy atom. The Balaban J connectivity index is 1.69. The van der Waals surface area contributed by atoms with Gasteiger partial charge in [-0.15, -0.1) is 18.3 Å². The van der Waals surface area contributed by atoms with Crippen molar-refractivity contribution in [3.8, 4) is 10.7 Å². The highest BCUT2D eigenvalue weighted by molar-refractivity contribution is 8.00. The van der Waals surface area contributed by atoms with Crippen LogP contribution in [-0.4, -0.2) is 31.4 Å². The third-order valence-corrected chi connectivity index (χ3v) is 6.10. The van der Waals surface area contributed by atoms with Crippen LogP contribution in [0.1, 0.15) is 11.3 Å². The van der Waals surface area contributed by atoms with E-state index in [1.54, 1.807) is 6.08 Å². The highest BCUT2D eigenvalue weighted by Gasteiger charge is 2.17. The van der Waals surface area contributed by atoms with Gasteiger partial charge in [0, 0.05) is 11.4 Å². The number of H-pyrrole nitrogens is 1. The van der Waals surface area contributed by atoms with E-state index in [4.69, 9.17) is 12.2 Å². The number of aromatic nitrogens is 4. The van der Waals surface area contributed by atoms with Crippen LogP contribution in [0.4, 0.5) is 5.13 Å². The SMILES string of the molecule is C=CCn1c(-c2sc(NC(=O)CSc3ccc(C)cc3)nc2C)n[nH]c1=S. The number of hydrogen-bond acceptors (Lipinski definition) is 6. The van der Waals surface area contributed by atoms with Crippen molar-refractivity contribution in [2.24, 2.45) is 0 Å². The number of aryl methyl sites for hydroxylation is 2. The minimum atomic E-state index is -0.0918. The summed E-state index contributed by atoms with van der Waals surface area (Å²) in [5, 5.41) is 10.5. The van der Waals surface area contributed by atoms with Crippen molar-refractivity contribution in [3.63, 3.8) is 0 Å². The summed E-state index contributed by atoms with van der Waals surface area (Å²) in [6.45, 7) is 8.23. The summed E-state index contributed by atoms with van der Waals surface area (Å²) in [5.41, 5.74) is 1.99. The standard InChI is InChI=1S/C18H19N5OS3/c1-4-9-23-16(21-22-18(23)25)15-12(3)19-17(27-15)20-14(24)10-26-13-7-5-11(2)6-8-13/h4-8H,1,9-10H2,2-3H3,(H,22,25)(H,19,20,24). The minimum absolute atomic E-state index is 0.0918. The molecule has 0 saturated heterocycles. The number of allylic oxidation sites excluding steroid dienone is 1. The van der Waals surface area contributed by atoms with E-state index in [0.29, 0.717) is 28.0 Å². The number of benzene rings is 1. The van der Waals surface area contributed by atoms with Crippen LogP contribution >= 0.6 is 35.3 Å². The van der Waals surface area contributed by atoms with E-state index < -0.39 is 0 Å². The van der Waals surface area contributed by atoms with Gasteiger partial charge in [-0.05, 0) is 38.2 Å². The maximum absolute atomic E-state index is 12.3. The van der Waals surface area contributed by atoms with Gasteiger partial charge < -0.3 is 5.32 Å². The van der Waals surface area contributed by atoms with Gasteiger partial charge in [0.2, 0.25) is 5.91 Å². The van der Waals surface area contributed by atoms with Gasteiger partial charge >= 0.3 is 0 Å². The van der Waals surface area contributed by atoms with Gasteiger partial charge in [0.05, 0.1) is 16.3 Å². The number of anilines is 1. The Hall–Kier alpha value is -2.23. The zero-order valence-electron chi connectivity index (χ0n) is 15.0. The van der Waals surface area contributed by atoms with Crippen LogP contribution in [0.25, 0.3) is 10.7 Å². The summed E-state index contributed by atoms with van der Waals surface area (Å²) >= 11 is 8.13. The van der Waals surface area contributed by atoms with Gasteiger partial charge in [-0.3, -0.25) is 14.5 Å². The molecule has 0 radical (unpaired) electrons. The van der Waals surface area contributed by atoms with E-state index in [-0.39, 0.29) is 5.91 Å². The number of aromatic amines is 1. The molecule has 1 amide bonds. The van der Waals surface area contributed by atoms with Crippen LogP contribution in [0.2, 0.25) is 0 Å². The molecule has 3 aromatic rings. The summed E-state index contributed by atoms with van der Waals surface area (Å²) in [7, 11) is 0. The summed E-state index contributed by atoms with van der Waals surface area (Å²) in [6, 6.07) is 8.10. The third-order valence-electron chi connectivity index (χ3n) is 3.71. The fourth-order valence-corrected chi connectivity index (χ4v) is 4.27. The largest absolute Gasteiger partial charge is 0.301 e. The number of nitrogens with zero attached hydrogens (tertiary/aromatic N) is 3. The molecule has 0 aliphatic carbocycles. The fraction of sp³-hybridized carbons (Fsp3) is 0.222. The summed E-state index contributed by atoms with van der Waals surface area (Å²) in [6.07, 6.45) is 1.76. The van der Waals surface area contributed by atoms with Crippen LogP contribution < -0.4 is 5.32 Å². The van der Waals surface area contributed by atoms with Crippen molar-refractivity contribution >= 4 is 46.4 Å². The molecule has 2 heterocycles. The summed E-state index contributed by atoms with van der Waals surface area (Å²) in [4.78, 5) is 18.6. The van der Waals surface area contributed by atoms with Crippen molar-refractivity contribution in [3.05, 3.63) is 52.9 Å². The van der Waals surface area contributed by atoms with Crippen LogP contribution in [-0.2, 0) is 11.3 Å². The highest BCUT2D eigenvalue weighted by Crippen LogP contribution is 2.32. The Morgan fingerprint density at radius 1 is 1.41 bits per heavy atom. The van der Waals surface area contributed by atoms with Gasteiger partial charge in [0.25, 0.3) is 0 Å². The Bertz CT molecular complexity index is 1020. The topological polar surface area (TPSA) is 75.6 Å². The molecule has 2 N–H and O–H groups in total. The first-order chi connectivity index (χ1) is 13.0. The van der Waals surface area contributed by atoms with E-state index in [9.17, 15) is 4.79 Å². The fourth-order valence-electron chi connectivity index (χ4n) is 2.39. The molecule has 1 aromatic carbocycles. The Labute approximate surface area is 170 Å². The van der Waals surface area contributed by atoms with Gasteiger partial charge in [-0.2, -0.15) is 5.10 Å². The van der Waals surface area contributed by atoms with E-state index in [2.05, 4.69) is 27.1 Å². The number of hydrogen-bond donors (Lipinski definition) is 2. The molecule has 0 aliphatic heterocycles. The average molecular weight is 418 g/mol. The molecule has 0 aliphatic rings. The lowest BCUT2D eigenvalue weighted by Crippen LogP contribution is -2.13. The zero-order chi connectivity index (χ0) is 19.4. The minimum Gasteiger partial charge on any atom is -0.301 e. The number of thiazole rings is 1. The van der Waals surface area contributed by atoms with Crippen molar-refractivity contribution in [2.45, 2.75) is 25.3 Å². The molecule has 3 rings (SSSR count). The first kappa shape index (κ1) is 19.5. The number of amides is 1. The van der Waals surface area contributed by atoms with Gasteiger partial charge in [-0.1, -0.05) is 35.1 Å².